The van der Waals surface area contributed by atoms with Crippen molar-refractivity contribution in [3.8, 4) is 0 Å². The molecule has 2 saturated carbocycles. The lowest BCUT2D eigenvalue weighted by Gasteiger charge is -2.60. The Balaban J connectivity index is 1.83. The van der Waals surface area contributed by atoms with E-state index in [4.69, 9.17) is 4.42 Å². The van der Waals surface area contributed by atoms with Crippen LogP contribution in [-0.4, -0.2) is 23.4 Å². The van der Waals surface area contributed by atoms with Crippen LogP contribution in [-0.2, 0) is 6.42 Å². The highest BCUT2D eigenvalue weighted by Gasteiger charge is 2.55. The van der Waals surface area contributed by atoms with Gasteiger partial charge in [0.05, 0.1) is 12.5 Å². The Morgan fingerprint density at radius 2 is 2.04 bits per heavy atom. The van der Waals surface area contributed by atoms with Gasteiger partial charge >= 0.3 is 0 Å². The van der Waals surface area contributed by atoms with Gasteiger partial charge in [-0.2, -0.15) is 0 Å². The summed E-state index contributed by atoms with van der Waals surface area (Å²) in [6.07, 6.45) is 11.5. The summed E-state index contributed by atoms with van der Waals surface area (Å²) in [5.41, 5.74) is 1.56. The van der Waals surface area contributed by atoms with E-state index in [1.54, 1.807) is 6.26 Å². The molecule has 3 rings (SSSR count). The van der Waals surface area contributed by atoms with Gasteiger partial charge in [-0.25, -0.2) is 0 Å². The van der Waals surface area contributed by atoms with Gasteiger partial charge in [0.25, 0.3) is 0 Å². The molecule has 2 aliphatic carbocycles. The van der Waals surface area contributed by atoms with Crippen LogP contribution in [0.15, 0.2) is 23.0 Å². The van der Waals surface area contributed by atoms with Crippen LogP contribution < -0.4 is 0 Å². The zero-order valence-electron chi connectivity index (χ0n) is 14.6. The molecular weight excluding hydrogens is 288 g/mol. The second-order valence-electron chi connectivity index (χ2n) is 8.52. The normalized spacial score (nSPS) is 40.8. The molecule has 0 unspecified atom stereocenters. The second kappa shape index (κ2) is 6.60. The Hall–Kier alpha value is -0.800. The number of rotatable bonds is 5. The van der Waals surface area contributed by atoms with Crippen molar-refractivity contribution in [3.05, 3.63) is 24.2 Å². The monoisotopic (exact) mass is 320 g/mol. The molecule has 0 radical (unpaired) electrons. The minimum atomic E-state index is 0.0569. The van der Waals surface area contributed by atoms with Crippen molar-refractivity contribution in [1.29, 1.82) is 0 Å². The van der Waals surface area contributed by atoms with Crippen molar-refractivity contribution in [2.45, 2.75) is 58.8 Å². The molecule has 130 valence electrons. The highest BCUT2D eigenvalue weighted by Crippen LogP contribution is 2.61. The third-order valence-electron chi connectivity index (χ3n) is 7.26. The molecule has 1 aromatic heterocycles. The number of aliphatic hydroxyl groups is 2. The van der Waals surface area contributed by atoms with Gasteiger partial charge in [-0.1, -0.05) is 20.3 Å². The lowest BCUT2D eigenvalue weighted by molar-refractivity contribution is -0.128. The molecule has 0 aromatic carbocycles. The molecule has 0 saturated heterocycles. The summed E-state index contributed by atoms with van der Waals surface area (Å²) in [7, 11) is 0. The first-order chi connectivity index (χ1) is 11.0. The molecule has 2 fully saturated rings. The van der Waals surface area contributed by atoms with Crippen LogP contribution in [0.2, 0.25) is 0 Å². The maximum atomic E-state index is 10.0. The molecule has 0 amide bonds. The van der Waals surface area contributed by atoms with E-state index in [2.05, 4.69) is 19.9 Å². The topological polar surface area (TPSA) is 53.6 Å². The average molecular weight is 320 g/mol. The Morgan fingerprint density at radius 1 is 1.22 bits per heavy atom. The van der Waals surface area contributed by atoms with E-state index in [-0.39, 0.29) is 10.8 Å². The molecule has 0 aliphatic heterocycles. The maximum absolute atomic E-state index is 10.0. The second-order valence-corrected chi connectivity index (χ2v) is 8.52. The first-order valence-corrected chi connectivity index (χ1v) is 9.26. The smallest absolute Gasteiger partial charge is 0.0934 e. The average Bonchev–Trinajstić information content (AvgIpc) is 3.06. The molecule has 3 nitrogen and oxygen atoms in total. The van der Waals surface area contributed by atoms with Crippen LogP contribution in [0.25, 0.3) is 0 Å². The first-order valence-electron chi connectivity index (χ1n) is 9.26. The first kappa shape index (κ1) is 17.0. The lowest BCUT2D eigenvalue weighted by atomic mass is 9.45. The summed E-state index contributed by atoms with van der Waals surface area (Å²) in [6.45, 7) is 5.31. The zero-order chi connectivity index (χ0) is 16.5. The van der Waals surface area contributed by atoms with Gasteiger partial charge in [0.15, 0.2) is 0 Å². The van der Waals surface area contributed by atoms with Crippen molar-refractivity contribution in [2.24, 2.45) is 28.6 Å². The quantitative estimate of drug-likeness (QED) is 0.861. The fraction of sp³-hybridized carbons (Fsp3) is 0.800. The minimum Gasteiger partial charge on any atom is -0.472 e. The van der Waals surface area contributed by atoms with Crippen LogP contribution in [0, 0.1) is 28.6 Å². The number of furan rings is 1. The summed E-state index contributed by atoms with van der Waals surface area (Å²) in [6, 6.07) is 2.05. The van der Waals surface area contributed by atoms with E-state index < -0.39 is 0 Å². The standard InChI is InChI=1S/C20H32O3/c1-19(14-22)9-3-10-20(2)17(6-4-15-8-11-23-13-15)16(12-21)5-7-18(19)20/h8,11,13,16-18,21-22H,3-7,9-10,12,14H2,1-2H3/t16-,17-,18-,19+,20-/m0/s1. The summed E-state index contributed by atoms with van der Waals surface area (Å²) in [5, 5.41) is 20.0. The van der Waals surface area contributed by atoms with E-state index in [1.807, 2.05) is 6.26 Å². The summed E-state index contributed by atoms with van der Waals surface area (Å²) < 4.78 is 5.21. The maximum Gasteiger partial charge on any atom is 0.0934 e. The van der Waals surface area contributed by atoms with Crippen molar-refractivity contribution in [1.82, 2.24) is 0 Å². The predicted molar refractivity (Wildman–Crippen MR) is 91.0 cm³/mol. The minimum absolute atomic E-state index is 0.0569. The van der Waals surface area contributed by atoms with E-state index >= 15 is 0 Å². The predicted octanol–water partition coefficient (Wildman–Crippen LogP) is 4.04. The zero-order valence-corrected chi connectivity index (χ0v) is 14.6. The van der Waals surface area contributed by atoms with Gasteiger partial charge in [-0.05, 0) is 78.7 Å². The Labute approximate surface area is 140 Å². The Kier molecular flexibility index (Phi) is 4.89. The van der Waals surface area contributed by atoms with Crippen LogP contribution >= 0.6 is 0 Å². The van der Waals surface area contributed by atoms with Crippen molar-refractivity contribution in [2.75, 3.05) is 13.2 Å². The van der Waals surface area contributed by atoms with Crippen molar-refractivity contribution < 1.29 is 14.6 Å². The molecule has 0 spiro atoms. The van der Waals surface area contributed by atoms with Crippen LogP contribution in [0.4, 0.5) is 0 Å². The largest absolute Gasteiger partial charge is 0.472 e. The van der Waals surface area contributed by atoms with Crippen molar-refractivity contribution >= 4 is 0 Å². The Morgan fingerprint density at radius 3 is 2.70 bits per heavy atom. The number of fused-ring (bicyclic) bond motifs is 1. The summed E-state index contributed by atoms with van der Waals surface area (Å²) >= 11 is 0. The highest BCUT2D eigenvalue weighted by molar-refractivity contribution is 5.08. The number of hydrogen-bond acceptors (Lipinski definition) is 3. The molecule has 3 heteroatoms. The molecule has 5 atom stereocenters. The molecule has 1 aromatic rings. The number of hydrogen-bond donors (Lipinski definition) is 2. The van der Waals surface area contributed by atoms with E-state index in [1.165, 1.54) is 18.4 Å². The van der Waals surface area contributed by atoms with Gasteiger partial charge in [0.2, 0.25) is 0 Å². The van der Waals surface area contributed by atoms with E-state index in [0.29, 0.717) is 31.0 Å². The van der Waals surface area contributed by atoms with Crippen LogP contribution in [0.5, 0.6) is 0 Å². The molecule has 0 bridgehead atoms. The molecular formula is C20H32O3. The third-order valence-corrected chi connectivity index (χ3v) is 7.26. The number of aryl methyl sites for hydroxylation is 1. The number of aliphatic hydroxyl groups excluding tert-OH is 2. The van der Waals surface area contributed by atoms with Crippen molar-refractivity contribution in [3.63, 3.8) is 0 Å². The van der Waals surface area contributed by atoms with Crippen LogP contribution in [0.3, 0.4) is 0 Å². The van der Waals surface area contributed by atoms with Gasteiger partial charge in [0, 0.05) is 13.2 Å². The highest BCUT2D eigenvalue weighted by atomic mass is 16.3. The molecule has 2 aliphatic rings. The van der Waals surface area contributed by atoms with Gasteiger partial charge in [-0.15, -0.1) is 0 Å². The summed E-state index contributed by atoms with van der Waals surface area (Å²) in [4.78, 5) is 0. The van der Waals surface area contributed by atoms with E-state index in [0.717, 1.165) is 32.1 Å². The molecule has 23 heavy (non-hydrogen) atoms. The SMILES string of the molecule is C[C@]1(CO)CCC[C@@]2(C)[C@@H](CCc3ccoc3)[C@H](CO)CC[C@@H]12. The third kappa shape index (κ3) is 2.98. The van der Waals surface area contributed by atoms with Gasteiger partial charge in [-0.3, -0.25) is 0 Å². The van der Waals surface area contributed by atoms with Gasteiger partial charge < -0.3 is 14.6 Å². The fourth-order valence-corrected chi connectivity index (χ4v) is 5.99. The van der Waals surface area contributed by atoms with E-state index in [9.17, 15) is 10.2 Å². The molecule has 1 heterocycles. The molecule has 2 N–H and O–H groups in total. The fourth-order valence-electron chi connectivity index (χ4n) is 5.99. The van der Waals surface area contributed by atoms with Gasteiger partial charge in [0.1, 0.15) is 0 Å². The lowest BCUT2D eigenvalue weighted by Crippen LogP contribution is -2.54. The Bertz CT molecular complexity index is 497. The van der Waals surface area contributed by atoms with Crippen LogP contribution in [0.1, 0.15) is 57.9 Å². The summed E-state index contributed by atoms with van der Waals surface area (Å²) in [5.74, 6) is 1.52.